The molecule has 206 valence electrons. The van der Waals surface area contributed by atoms with Crippen LogP contribution in [0.25, 0.3) is 16.6 Å². The van der Waals surface area contributed by atoms with E-state index in [2.05, 4.69) is 41.0 Å². The van der Waals surface area contributed by atoms with Crippen LogP contribution < -0.4 is 15.5 Å². The van der Waals surface area contributed by atoms with Crippen LogP contribution >= 0.6 is 0 Å². The fourth-order valence-corrected chi connectivity index (χ4v) is 5.04. The van der Waals surface area contributed by atoms with Crippen molar-refractivity contribution in [1.82, 2.24) is 34.3 Å². The van der Waals surface area contributed by atoms with Crippen molar-refractivity contribution in [3.63, 3.8) is 0 Å². The van der Waals surface area contributed by atoms with Gasteiger partial charge in [-0.25, -0.2) is 23.9 Å². The fourth-order valence-electron chi connectivity index (χ4n) is 5.04. The molecule has 1 aliphatic heterocycles. The third-order valence-corrected chi connectivity index (χ3v) is 7.35. The number of aliphatic hydroxyl groups excluding tert-OH is 1. The minimum absolute atomic E-state index is 0.300. The molecule has 1 aliphatic rings. The van der Waals surface area contributed by atoms with Crippen LogP contribution in [0.4, 0.5) is 16.2 Å². The number of fused-ring (bicyclic) bond motifs is 1. The van der Waals surface area contributed by atoms with Crippen molar-refractivity contribution in [1.29, 1.82) is 0 Å². The Bertz CT molecular complexity index is 1600. The van der Waals surface area contributed by atoms with Gasteiger partial charge in [0.1, 0.15) is 17.7 Å². The normalized spacial score (nSPS) is 16.3. The Morgan fingerprint density at radius 2 is 1.62 bits per heavy atom. The Balaban J connectivity index is 1.15. The smallest absolute Gasteiger partial charge is 0.225 e. The largest absolute Gasteiger partial charge is 0.391 e. The maximum atomic E-state index is 13.4. The van der Waals surface area contributed by atoms with Crippen LogP contribution in [0.15, 0.2) is 67.6 Å². The summed E-state index contributed by atoms with van der Waals surface area (Å²) in [5.74, 6) is 1.21. The van der Waals surface area contributed by atoms with Gasteiger partial charge in [0.2, 0.25) is 5.95 Å². The van der Waals surface area contributed by atoms with Gasteiger partial charge in [0.15, 0.2) is 5.82 Å². The first-order chi connectivity index (χ1) is 19.3. The van der Waals surface area contributed by atoms with Crippen LogP contribution in [0.3, 0.4) is 0 Å². The topological polar surface area (TPSA) is 127 Å². The molecule has 5 aromatic rings. The van der Waals surface area contributed by atoms with Gasteiger partial charge in [-0.05, 0) is 37.6 Å². The minimum Gasteiger partial charge on any atom is -0.391 e. The molecule has 1 saturated heterocycles. The van der Waals surface area contributed by atoms with E-state index >= 15 is 0 Å². The van der Waals surface area contributed by atoms with E-state index in [1.807, 2.05) is 23.8 Å². The Morgan fingerprint density at radius 3 is 2.33 bits per heavy atom. The van der Waals surface area contributed by atoms with Crippen LogP contribution in [-0.2, 0) is 12.1 Å². The maximum Gasteiger partial charge on any atom is 0.225 e. The molecule has 1 fully saturated rings. The number of nitrogens with zero attached hydrogens (tertiary/aromatic N) is 9. The monoisotopic (exact) mass is 542 g/mol. The molecule has 0 unspecified atom stereocenters. The van der Waals surface area contributed by atoms with Gasteiger partial charge in [-0.3, -0.25) is 4.68 Å². The fraction of sp³-hybridized carbons (Fsp3) is 0.321. The summed E-state index contributed by atoms with van der Waals surface area (Å²) in [6, 6.07) is 8.25. The first-order valence-corrected chi connectivity index (χ1v) is 13.2. The molecule has 2 atom stereocenters. The van der Waals surface area contributed by atoms with E-state index in [1.165, 1.54) is 12.1 Å². The third-order valence-electron chi connectivity index (χ3n) is 7.35. The summed E-state index contributed by atoms with van der Waals surface area (Å²) in [6.45, 7) is 7.00. The van der Waals surface area contributed by atoms with Gasteiger partial charge in [0.05, 0.1) is 24.4 Å². The highest BCUT2D eigenvalue weighted by atomic mass is 19.1. The predicted molar refractivity (Wildman–Crippen MR) is 149 cm³/mol. The molecular weight excluding hydrogens is 511 g/mol. The highest BCUT2D eigenvalue weighted by molar-refractivity contribution is 5.77. The molecule has 6 rings (SSSR count). The van der Waals surface area contributed by atoms with E-state index in [0.29, 0.717) is 12.5 Å². The molecule has 0 aliphatic carbocycles. The summed E-state index contributed by atoms with van der Waals surface area (Å²) in [6.07, 6.45) is 10.3. The average molecular weight is 543 g/mol. The van der Waals surface area contributed by atoms with E-state index < -0.39 is 11.6 Å². The number of hydrogen-bond donors (Lipinski definition) is 2. The second kappa shape index (κ2) is 10.3. The molecule has 4 aromatic heterocycles. The zero-order valence-electron chi connectivity index (χ0n) is 22.4. The summed E-state index contributed by atoms with van der Waals surface area (Å²) >= 11 is 0. The standard InChI is InChI=1S/C28H31FN10O/c1-19(40)15-38-16-21(12-34-38)20-11-25-26(33-18-35-39(25)17-20)36-7-9-37(10-8-36)27-31-13-23(14-32-27)28(2,30)22-3-5-24(29)6-4-22/h3-6,11-14,16-19,40H,7-10,15,30H2,1-2H3/t19-,28+/m1/s1. The molecule has 0 amide bonds. The van der Waals surface area contributed by atoms with Crippen LogP contribution in [0.2, 0.25) is 0 Å². The zero-order chi connectivity index (χ0) is 27.9. The highest BCUT2D eigenvalue weighted by Gasteiger charge is 2.26. The van der Waals surface area contributed by atoms with Gasteiger partial charge in [-0.2, -0.15) is 10.2 Å². The lowest BCUT2D eigenvalue weighted by atomic mass is 9.87. The Kier molecular flexibility index (Phi) is 6.64. The van der Waals surface area contributed by atoms with Gasteiger partial charge in [-0.1, -0.05) is 12.1 Å². The molecular formula is C28H31FN10O. The summed E-state index contributed by atoms with van der Waals surface area (Å²) < 4.78 is 16.9. The van der Waals surface area contributed by atoms with Crippen molar-refractivity contribution in [3.8, 4) is 11.1 Å². The van der Waals surface area contributed by atoms with Crippen molar-refractivity contribution in [3.05, 3.63) is 84.6 Å². The Hall–Kier alpha value is -4.42. The number of aliphatic hydroxyl groups is 1. The number of piperazine rings is 1. The third kappa shape index (κ3) is 4.98. The van der Waals surface area contributed by atoms with Crippen molar-refractivity contribution >= 4 is 17.3 Å². The molecule has 0 bridgehead atoms. The van der Waals surface area contributed by atoms with Gasteiger partial charge in [0.25, 0.3) is 0 Å². The lowest BCUT2D eigenvalue weighted by Crippen LogP contribution is -2.47. The number of nitrogens with two attached hydrogens (primary N) is 1. The van der Waals surface area contributed by atoms with Gasteiger partial charge >= 0.3 is 0 Å². The maximum absolute atomic E-state index is 13.4. The van der Waals surface area contributed by atoms with Gasteiger partial charge in [0, 0.05) is 67.7 Å². The number of hydrogen-bond acceptors (Lipinski definition) is 9. The minimum atomic E-state index is -0.838. The average Bonchev–Trinajstić information content (AvgIpc) is 3.60. The van der Waals surface area contributed by atoms with E-state index in [9.17, 15) is 9.50 Å². The zero-order valence-corrected chi connectivity index (χ0v) is 22.4. The molecule has 0 spiro atoms. The molecule has 1 aromatic carbocycles. The molecule has 0 radical (unpaired) electrons. The summed E-state index contributed by atoms with van der Waals surface area (Å²) in [5, 5.41) is 18.4. The Labute approximate surface area is 230 Å². The van der Waals surface area contributed by atoms with Gasteiger partial charge < -0.3 is 20.6 Å². The van der Waals surface area contributed by atoms with Gasteiger partial charge in [-0.15, -0.1) is 0 Å². The van der Waals surface area contributed by atoms with Crippen LogP contribution in [0, 0.1) is 5.82 Å². The first kappa shape index (κ1) is 25.8. The SMILES string of the molecule is C[C@@H](O)Cn1cc(-c2cc3c(N4CCN(c5ncc([C@@](C)(N)c6ccc(F)cc6)cn5)CC4)ncnn3c2)cn1. The molecule has 3 N–H and O–H groups in total. The molecule has 40 heavy (non-hydrogen) atoms. The van der Waals surface area contributed by atoms with E-state index in [1.54, 1.807) is 48.7 Å². The van der Waals surface area contributed by atoms with Crippen LogP contribution in [0.5, 0.6) is 0 Å². The molecule has 5 heterocycles. The number of anilines is 2. The summed E-state index contributed by atoms with van der Waals surface area (Å²) in [4.78, 5) is 18.2. The van der Waals surface area contributed by atoms with Crippen LogP contribution in [-0.4, -0.2) is 71.7 Å². The van der Waals surface area contributed by atoms with E-state index in [-0.39, 0.29) is 5.82 Å². The summed E-state index contributed by atoms with van der Waals surface area (Å²) in [5.41, 5.74) is 10.1. The number of rotatable bonds is 7. The van der Waals surface area contributed by atoms with Crippen molar-refractivity contribution in [2.45, 2.75) is 32.0 Å². The van der Waals surface area contributed by atoms with Crippen LogP contribution in [0.1, 0.15) is 25.0 Å². The highest BCUT2D eigenvalue weighted by Crippen LogP contribution is 2.29. The number of aromatic nitrogens is 7. The molecule has 0 saturated carbocycles. The van der Waals surface area contributed by atoms with E-state index in [0.717, 1.165) is 59.8 Å². The molecule has 12 heteroatoms. The second-order valence-electron chi connectivity index (χ2n) is 10.4. The van der Waals surface area contributed by atoms with E-state index in [4.69, 9.17) is 5.73 Å². The molecule has 11 nitrogen and oxygen atoms in total. The number of halogens is 1. The lowest BCUT2D eigenvalue weighted by Gasteiger charge is -2.35. The summed E-state index contributed by atoms with van der Waals surface area (Å²) in [7, 11) is 0. The van der Waals surface area contributed by atoms with Crippen molar-refractivity contribution in [2.75, 3.05) is 36.0 Å². The Morgan fingerprint density at radius 1 is 0.925 bits per heavy atom. The quantitative estimate of drug-likeness (QED) is 0.319. The second-order valence-corrected chi connectivity index (χ2v) is 10.4. The van der Waals surface area contributed by atoms with Crippen molar-refractivity contribution < 1.29 is 9.50 Å². The first-order valence-electron chi connectivity index (χ1n) is 13.2. The number of benzene rings is 1. The van der Waals surface area contributed by atoms with Crippen molar-refractivity contribution in [2.24, 2.45) is 5.73 Å². The predicted octanol–water partition coefficient (Wildman–Crippen LogP) is 2.45. The lowest BCUT2D eigenvalue weighted by molar-refractivity contribution is 0.168.